The summed E-state index contributed by atoms with van der Waals surface area (Å²) in [6.07, 6.45) is 3.66. The zero-order valence-electron chi connectivity index (χ0n) is 20.0. The average molecular weight is 425 g/mol. The average Bonchev–Trinajstić information content (AvgIpc) is 2.64. The predicted molar refractivity (Wildman–Crippen MR) is 121 cm³/mol. The molecule has 2 rings (SSSR count). The Hall–Kier alpha value is -1.63. The first-order valence-electron chi connectivity index (χ1n) is 11.6. The number of carbonyl (C=O) groups is 3. The minimum Gasteiger partial charge on any atom is -0.370 e. The smallest absolute Gasteiger partial charge is 0.242 e. The van der Waals surface area contributed by atoms with Crippen LogP contribution in [-0.4, -0.2) is 66.3 Å². The number of nitrogens with zero attached hydrogens (tertiary/aromatic N) is 2. The second-order valence-electron chi connectivity index (χ2n) is 10.0. The van der Waals surface area contributed by atoms with Crippen LogP contribution in [0.15, 0.2) is 0 Å². The molecule has 0 spiro atoms. The maximum absolute atomic E-state index is 12.7. The number of carbonyl (C=O) groups excluding carboxylic acids is 3. The zero-order chi connectivity index (χ0) is 22.9. The lowest BCUT2D eigenvalue weighted by atomic mass is 9.73. The molecule has 7 heteroatoms. The third-order valence-electron chi connectivity index (χ3n) is 5.89. The highest BCUT2D eigenvalue weighted by atomic mass is 16.2. The van der Waals surface area contributed by atoms with Crippen molar-refractivity contribution in [3.8, 4) is 0 Å². The zero-order valence-corrected chi connectivity index (χ0v) is 20.0. The summed E-state index contributed by atoms with van der Waals surface area (Å²) in [6.45, 7) is 15.5. The summed E-state index contributed by atoms with van der Waals surface area (Å²) in [5.74, 6) is 1.04. The fraction of sp³-hybridized carbons (Fsp3) is 0.870. The van der Waals surface area contributed by atoms with Crippen LogP contribution in [-0.2, 0) is 14.4 Å². The minimum atomic E-state index is -0.269. The Labute approximate surface area is 183 Å². The molecular formula is C23H44N4O3. The van der Waals surface area contributed by atoms with Crippen LogP contribution < -0.4 is 11.1 Å². The highest BCUT2D eigenvalue weighted by Gasteiger charge is 2.37. The molecule has 1 unspecified atom stereocenters. The van der Waals surface area contributed by atoms with Crippen molar-refractivity contribution in [2.75, 3.05) is 32.7 Å². The summed E-state index contributed by atoms with van der Waals surface area (Å²) >= 11 is 0. The Morgan fingerprint density at radius 2 is 1.70 bits per heavy atom. The monoisotopic (exact) mass is 424 g/mol. The molecule has 1 atom stereocenters. The highest BCUT2D eigenvalue weighted by Crippen LogP contribution is 2.38. The number of amides is 3. The molecule has 30 heavy (non-hydrogen) atoms. The van der Waals surface area contributed by atoms with E-state index in [1.165, 1.54) is 0 Å². The molecule has 2 saturated heterocycles. The quantitative estimate of drug-likeness (QED) is 0.656. The molecule has 2 aliphatic rings. The maximum atomic E-state index is 12.7. The van der Waals surface area contributed by atoms with Crippen molar-refractivity contribution in [2.24, 2.45) is 23.0 Å². The number of hydrogen-bond acceptors (Lipinski definition) is 4. The Morgan fingerprint density at radius 3 is 2.17 bits per heavy atom. The summed E-state index contributed by atoms with van der Waals surface area (Å²) < 4.78 is 0. The lowest BCUT2D eigenvalue weighted by molar-refractivity contribution is -0.145. The molecule has 0 radical (unpaired) electrons. The van der Waals surface area contributed by atoms with Crippen molar-refractivity contribution in [3.05, 3.63) is 0 Å². The predicted octanol–water partition coefficient (Wildman–Crippen LogP) is 2.39. The Morgan fingerprint density at radius 1 is 1.13 bits per heavy atom. The van der Waals surface area contributed by atoms with Gasteiger partial charge in [0.15, 0.2) is 0 Å². The number of likely N-dealkylation sites (tertiary alicyclic amines) is 1. The van der Waals surface area contributed by atoms with Gasteiger partial charge in [-0.3, -0.25) is 14.4 Å². The van der Waals surface area contributed by atoms with Gasteiger partial charge < -0.3 is 20.9 Å². The van der Waals surface area contributed by atoms with E-state index in [9.17, 15) is 14.4 Å². The fourth-order valence-electron chi connectivity index (χ4n) is 4.12. The van der Waals surface area contributed by atoms with E-state index in [-0.39, 0.29) is 35.7 Å². The van der Waals surface area contributed by atoms with Crippen molar-refractivity contribution in [1.29, 1.82) is 0 Å². The molecule has 0 bridgehead atoms. The van der Waals surface area contributed by atoms with Crippen LogP contribution in [0.3, 0.4) is 0 Å². The molecule has 2 aliphatic heterocycles. The second-order valence-corrected chi connectivity index (χ2v) is 10.0. The molecule has 0 saturated carbocycles. The molecule has 174 valence electrons. The van der Waals surface area contributed by atoms with Crippen molar-refractivity contribution < 1.29 is 14.4 Å². The van der Waals surface area contributed by atoms with Crippen LogP contribution in [0.25, 0.3) is 0 Å². The molecule has 7 nitrogen and oxygen atoms in total. The number of primary amides is 1. The van der Waals surface area contributed by atoms with E-state index in [1.54, 1.807) is 4.90 Å². The normalized spacial score (nSPS) is 21.5. The van der Waals surface area contributed by atoms with Gasteiger partial charge in [-0.2, -0.15) is 0 Å². The summed E-state index contributed by atoms with van der Waals surface area (Å²) in [6, 6.07) is -0.179. The van der Waals surface area contributed by atoms with Crippen molar-refractivity contribution in [2.45, 2.75) is 79.7 Å². The van der Waals surface area contributed by atoms with Gasteiger partial charge in [0.05, 0.1) is 12.6 Å². The standard InChI is InChI=1S/C19H34N4O3.C4H10/c1-4-19(12-16(20)24)5-8-22(9-6-19)17(25)13-23-10-7-21-15(18(23)26)11-14(2)3;1-4(2)3/h14-15,21H,4-13H2,1-3H3,(H2,20,24);4H,1-3H3. The van der Waals surface area contributed by atoms with Crippen LogP contribution in [0.1, 0.15) is 73.6 Å². The Bertz CT molecular complexity index is 566. The van der Waals surface area contributed by atoms with Gasteiger partial charge in [-0.25, -0.2) is 0 Å². The topological polar surface area (TPSA) is 95.7 Å². The number of hydrogen-bond donors (Lipinski definition) is 2. The molecule has 3 amide bonds. The van der Waals surface area contributed by atoms with Crippen LogP contribution >= 0.6 is 0 Å². The summed E-state index contributed by atoms with van der Waals surface area (Å²) in [4.78, 5) is 40.1. The van der Waals surface area contributed by atoms with Gasteiger partial charge in [0, 0.05) is 32.6 Å². The third-order valence-corrected chi connectivity index (χ3v) is 5.89. The van der Waals surface area contributed by atoms with Crippen LogP contribution in [0.5, 0.6) is 0 Å². The van der Waals surface area contributed by atoms with E-state index in [2.05, 4.69) is 46.9 Å². The van der Waals surface area contributed by atoms with Gasteiger partial charge in [-0.15, -0.1) is 0 Å². The molecule has 0 aromatic rings. The lowest BCUT2D eigenvalue weighted by Crippen LogP contribution is -2.58. The number of nitrogens with two attached hydrogens (primary N) is 1. The molecule has 3 N–H and O–H groups in total. The molecule has 0 aliphatic carbocycles. The number of nitrogens with one attached hydrogen (secondary N) is 1. The van der Waals surface area contributed by atoms with Gasteiger partial charge in [-0.1, -0.05) is 41.5 Å². The maximum Gasteiger partial charge on any atom is 0.242 e. The minimum absolute atomic E-state index is 0.00678. The van der Waals surface area contributed by atoms with Crippen LogP contribution in [0.4, 0.5) is 0 Å². The summed E-state index contributed by atoms with van der Waals surface area (Å²) in [5, 5.41) is 3.26. The summed E-state index contributed by atoms with van der Waals surface area (Å²) in [5.41, 5.74) is 5.32. The van der Waals surface area contributed by atoms with Crippen molar-refractivity contribution in [3.63, 3.8) is 0 Å². The van der Waals surface area contributed by atoms with Gasteiger partial charge >= 0.3 is 0 Å². The van der Waals surface area contributed by atoms with Gasteiger partial charge in [-0.05, 0) is 42.9 Å². The largest absolute Gasteiger partial charge is 0.370 e. The Balaban J connectivity index is 0.00000103. The molecular weight excluding hydrogens is 380 g/mol. The molecule has 0 aromatic carbocycles. The fourth-order valence-corrected chi connectivity index (χ4v) is 4.12. The van der Waals surface area contributed by atoms with Gasteiger partial charge in [0.25, 0.3) is 0 Å². The van der Waals surface area contributed by atoms with Gasteiger partial charge in [0.1, 0.15) is 0 Å². The lowest BCUT2D eigenvalue weighted by Gasteiger charge is -2.42. The van der Waals surface area contributed by atoms with Crippen molar-refractivity contribution >= 4 is 17.7 Å². The number of rotatable bonds is 7. The van der Waals surface area contributed by atoms with E-state index < -0.39 is 0 Å². The molecule has 2 fully saturated rings. The first kappa shape index (κ1) is 26.4. The third kappa shape index (κ3) is 8.62. The number of piperidine rings is 1. The Kier molecular flexibility index (Phi) is 10.8. The van der Waals surface area contributed by atoms with Crippen LogP contribution in [0.2, 0.25) is 0 Å². The highest BCUT2D eigenvalue weighted by molar-refractivity contribution is 5.88. The SMILES string of the molecule is CC(C)C.CCC1(CC(N)=O)CCN(C(=O)CN2CCNC(CC(C)C)C2=O)CC1. The van der Waals surface area contributed by atoms with E-state index in [0.717, 1.165) is 38.1 Å². The second kappa shape index (κ2) is 12.3. The summed E-state index contributed by atoms with van der Waals surface area (Å²) in [7, 11) is 0. The van der Waals surface area contributed by atoms with E-state index >= 15 is 0 Å². The molecule has 2 heterocycles. The van der Waals surface area contributed by atoms with Gasteiger partial charge in [0.2, 0.25) is 17.7 Å². The van der Waals surface area contributed by atoms with Crippen molar-refractivity contribution in [1.82, 2.24) is 15.1 Å². The first-order chi connectivity index (χ1) is 14.0. The van der Waals surface area contributed by atoms with E-state index in [1.807, 2.05) is 4.90 Å². The first-order valence-corrected chi connectivity index (χ1v) is 11.6. The number of piperazine rings is 1. The van der Waals surface area contributed by atoms with Crippen LogP contribution in [0, 0.1) is 17.3 Å². The molecule has 0 aromatic heterocycles. The van der Waals surface area contributed by atoms with E-state index in [4.69, 9.17) is 5.73 Å². The van der Waals surface area contributed by atoms with E-state index in [0.29, 0.717) is 32.0 Å².